The Morgan fingerprint density at radius 2 is 1.18 bits per heavy atom. The lowest BCUT2D eigenvalue weighted by Gasteiger charge is -2.43. The molecule has 1 aliphatic carbocycles. The zero-order chi connectivity index (χ0) is 26.9. The molecule has 1 heteroatoms. The summed E-state index contributed by atoms with van der Waals surface area (Å²) in [5.74, 6) is 0.474. The summed E-state index contributed by atoms with van der Waals surface area (Å²) >= 11 is 0. The van der Waals surface area contributed by atoms with Crippen molar-refractivity contribution in [2.24, 2.45) is 0 Å². The third-order valence-corrected chi connectivity index (χ3v) is 9.01. The van der Waals surface area contributed by atoms with Crippen LogP contribution in [-0.4, -0.2) is 0 Å². The molecule has 196 valence electrons. The van der Waals surface area contributed by atoms with Gasteiger partial charge in [0.25, 0.3) is 0 Å². The Labute approximate surface area is 238 Å². The summed E-state index contributed by atoms with van der Waals surface area (Å²) in [6.07, 6.45) is 7.13. The van der Waals surface area contributed by atoms with Gasteiger partial charge in [-0.25, -0.2) is 0 Å². The summed E-state index contributed by atoms with van der Waals surface area (Å²) in [5.41, 5.74) is 12.0. The molecule has 1 heterocycles. The van der Waals surface area contributed by atoms with Crippen molar-refractivity contribution < 1.29 is 0 Å². The van der Waals surface area contributed by atoms with Gasteiger partial charge in [-0.15, -0.1) is 0 Å². The van der Waals surface area contributed by atoms with Crippen LogP contribution in [0.3, 0.4) is 0 Å². The fourth-order valence-electron chi connectivity index (χ4n) is 7.32. The molecule has 0 amide bonds. The molecule has 0 saturated carbocycles. The summed E-state index contributed by atoms with van der Waals surface area (Å²) < 4.78 is 0. The Hall–Kier alpha value is -4.36. The van der Waals surface area contributed by atoms with Gasteiger partial charge in [-0.05, 0) is 76.8 Å². The van der Waals surface area contributed by atoms with E-state index in [0.29, 0.717) is 5.92 Å². The molecule has 0 bridgehead atoms. The van der Waals surface area contributed by atoms with Crippen molar-refractivity contribution in [1.82, 2.24) is 0 Å². The largest absolute Gasteiger partial charge is 0.313 e. The highest BCUT2D eigenvalue weighted by atomic mass is 15.2. The zero-order valence-corrected chi connectivity index (χ0v) is 23.1. The van der Waals surface area contributed by atoms with Gasteiger partial charge in [0, 0.05) is 16.8 Å². The highest BCUT2D eigenvalue weighted by molar-refractivity contribution is 5.82. The molecule has 0 aromatic heterocycles. The summed E-state index contributed by atoms with van der Waals surface area (Å²) in [7, 11) is 0. The molecule has 5 aromatic rings. The van der Waals surface area contributed by atoms with Crippen LogP contribution >= 0.6 is 0 Å². The van der Waals surface area contributed by atoms with Crippen LogP contribution in [0.4, 0.5) is 11.4 Å². The number of anilines is 2. The van der Waals surface area contributed by atoms with Crippen molar-refractivity contribution in [2.75, 3.05) is 4.90 Å². The zero-order valence-electron chi connectivity index (χ0n) is 23.1. The molecule has 0 fully saturated rings. The van der Waals surface area contributed by atoms with Crippen LogP contribution in [0, 0.1) is 0 Å². The molecule has 5 aromatic carbocycles. The van der Waals surface area contributed by atoms with Gasteiger partial charge in [-0.1, -0.05) is 135 Å². The normalized spacial score (nSPS) is 19.6. The second kappa shape index (κ2) is 10.3. The number of para-hydroxylation sites is 1. The smallest absolute Gasteiger partial charge is 0.0500 e. The molecule has 1 nitrogen and oxygen atoms in total. The molecule has 7 rings (SSSR count). The van der Waals surface area contributed by atoms with Crippen LogP contribution in [0.5, 0.6) is 0 Å². The van der Waals surface area contributed by atoms with E-state index in [1.54, 1.807) is 0 Å². The van der Waals surface area contributed by atoms with Gasteiger partial charge in [0.15, 0.2) is 0 Å². The van der Waals surface area contributed by atoms with E-state index in [0.717, 1.165) is 19.3 Å². The fourth-order valence-corrected chi connectivity index (χ4v) is 7.32. The molecule has 2 aliphatic rings. The maximum Gasteiger partial charge on any atom is 0.0500 e. The first kappa shape index (κ1) is 24.7. The predicted octanol–water partition coefficient (Wildman–Crippen LogP) is 10.7. The minimum absolute atomic E-state index is 0.00309. The lowest BCUT2D eigenvalue weighted by molar-refractivity contribution is 0.345. The number of hydrogen-bond donors (Lipinski definition) is 0. The van der Waals surface area contributed by atoms with E-state index in [1.165, 1.54) is 56.9 Å². The van der Waals surface area contributed by atoms with Gasteiger partial charge in [-0.3, -0.25) is 0 Å². The molecule has 0 N–H and O–H groups in total. The fraction of sp³-hybridized carbons (Fsp3) is 0.179. The van der Waals surface area contributed by atoms with Crippen molar-refractivity contribution in [3.8, 4) is 22.3 Å². The number of rotatable bonds is 6. The Bertz CT molecular complexity index is 1630. The average molecular weight is 518 g/mol. The van der Waals surface area contributed by atoms with Gasteiger partial charge in [0.1, 0.15) is 0 Å². The molecule has 1 aliphatic heterocycles. The average Bonchev–Trinajstić information content (AvgIpc) is 3.32. The van der Waals surface area contributed by atoms with E-state index in [4.69, 9.17) is 0 Å². The van der Waals surface area contributed by atoms with Crippen LogP contribution < -0.4 is 4.90 Å². The van der Waals surface area contributed by atoms with Crippen LogP contribution in [0.1, 0.15) is 49.7 Å². The van der Waals surface area contributed by atoms with Crippen LogP contribution in [0.15, 0.2) is 145 Å². The Morgan fingerprint density at radius 3 is 1.82 bits per heavy atom. The van der Waals surface area contributed by atoms with Crippen molar-refractivity contribution in [1.29, 1.82) is 0 Å². The van der Waals surface area contributed by atoms with Crippen LogP contribution in [0.2, 0.25) is 0 Å². The lowest BCUT2D eigenvalue weighted by Crippen LogP contribution is -2.38. The molecule has 1 unspecified atom stereocenters. The molecule has 40 heavy (non-hydrogen) atoms. The minimum Gasteiger partial charge on any atom is -0.313 e. The third-order valence-electron chi connectivity index (χ3n) is 9.01. The Kier molecular flexibility index (Phi) is 6.36. The van der Waals surface area contributed by atoms with Gasteiger partial charge in [0.05, 0.1) is 5.69 Å². The maximum absolute atomic E-state index is 2.56. The quantitative estimate of drug-likeness (QED) is 0.216. The maximum atomic E-state index is 2.56. The summed E-state index contributed by atoms with van der Waals surface area (Å²) in [6, 6.07) is 49.1. The van der Waals surface area contributed by atoms with Gasteiger partial charge < -0.3 is 4.90 Å². The van der Waals surface area contributed by atoms with Gasteiger partial charge >= 0.3 is 0 Å². The standard InChI is InChI=1S/C39H35N/c1-2-28-39-35(33-14-7-4-8-15-33)17-11-19-38(39)40(37-18-10-9-16-36(37)39)34-26-24-32(25-27-34)31-22-20-30(21-23-31)29-12-5-3-6-13-29/h3-10,12-16,18-27,35H,2,11,17,28H2,1H3/t35?,39-/m0/s1. The third kappa shape index (κ3) is 4.00. The van der Waals surface area contributed by atoms with E-state index in [9.17, 15) is 0 Å². The minimum atomic E-state index is -0.00309. The highest BCUT2D eigenvalue weighted by Crippen LogP contribution is 2.62. The highest BCUT2D eigenvalue weighted by Gasteiger charge is 2.53. The van der Waals surface area contributed by atoms with Crippen molar-refractivity contribution in [3.05, 3.63) is 156 Å². The SMILES string of the molecule is CCC[C@]12C(=CCCC1c1ccccc1)N(c1ccc(-c3ccc(-c4ccccc4)cc3)cc1)c1ccccc12. The van der Waals surface area contributed by atoms with E-state index < -0.39 is 0 Å². The van der Waals surface area contributed by atoms with Crippen LogP contribution in [0.25, 0.3) is 22.3 Å². The first-order valence-electron chi connectivity index (χ1n) is 14.7. The Balaban J connectivity index is 1.27. The van der Waals surface area contributed by atoms with Gasteiger partial charge in [-0.2, -0.15) is 0 Å². The van der Waals surface area contributed by atoms with Crippen LogP contribution in [-0.2, 0) is 5.41 Å². The van der Waals surface area contributed by atoms with E-state index in [1.807, 2.05) is 0 Å². The second-order valence-electron chi connectivity index (χ2n) is 11.2. The molecule has 0 radical (unpaired) electrons. The topological polar surface area (TPSA) is 3.24 Å². The molecule has 0 spiro atoms. The van der Waals surface area contributed by atoms with E-state index >= 15 is 0 Å². The van der Waals surface area contributed by atoms with Crippen molar-refractivity contribution in [2.45, 2.75) is 43.9 Å². The van der Waals surface area contributed by atoms with Crippen molar-refractivity contribution in [3.63, 3.8) is 0 Å². The molecule has 0 saturated heterocycles. The van der Waals surface area contributed by atoms with E-state index in [-0.39, 0.29) is 5.41 Å². The summed E-state index contributed by atoms with van der Waals surface area (Å²) in [4.78, 5) is 2.56. The first-order chi connectivity index (χ1) is 19.8. The summed E-state index contributed by atoms with van der Waals surface area (Å²) in [6.45, 7) is 2.34. The molecular formula is C39H35N. The second-order valence-corrected chi connectivity index (χ2v) is 11.2. The number of fused-ring (bicyclic) bond motifs is 3. The Morgan fingerprint density at radius 1 is 0.625 bits per heavy atom. The first-order valence-corrected chi connectivity index (χ1v) is 14.7. The monoisotopic (exact) mass is 517 g/mol. The number of allylic oxidation sites excluding steroid dienone is 2. The van der Waals surface area contributed by atoms with E-state index in [2.05, 4.69) is 151 Å². The van der Waals surface area contributed by atoms with Crippen molar-refractivity contribution >= 4 is 11.4 Å². The number of benzene rings is 5. The molecular weight excluding hydrogens is 482 g/mol. The predicted molar refractivity (Wildman–Crippen MR) is 169 cm³/mol. The number of hydrogen-bond acceptors (Lipinski definition) is 1. The van der Waals surface area contributed by atoms with Gasteiger partial charge in [0.2, 0.25) is 0 Å². The lowest BCUT2D eigenvalue weighted by atomic mass is 9.61. The summed E-state index contributed by atoms with van der Waals surface area (Å²) in [5, 5.41) is 0. The molecule has 2 atom stereocenters. The number of nitrogens with zero attached hydrogens (tertiary/aromatic N) is 1.